The van der Waals surface area contributed by atoms with Crippen LogP contribution in [0.25, 0.3) is 0 Å². The van der Waals surface area contributed by atoms with E-state index in [0.717, 1.165) is 5.56 Å². The van der Waals surface area contributed by atoms with Gasteiger partial charge in [0.2, 0.25) is 5.88 Å². The first-order valence-electron chi connectivity index (χ1n) is 8.77. The summed E-state index contributed by atoms with van der Waals surface area (Å²) in [5.41, 5.74) is 1.01. The zero-order valence-electron chi connectivity index (χ0n) is 16.1. The molecular formula is C21H20Cl2N2O3S. The highest BCUT2D eigenvalue weighted by Gasteiger charge is 2.22. The number of anilines is 1. The lowest BCUT2D eigenvalue weighted by molar-refractivity contribution is 0.442. The molecule has 0 aliphatic rings. The number of benzene rings is 2. The minimum Gasteiger partial charge on any atom is -0.437 e. The van der Waals surface area contributed by atoms with Gasteiger partial charge in [0.15, 0.2) is 0 Å². The number of ether oxygens (including phenoxy) is 1. The van der Waals surface area contributed by atoms with Crippen molar-refractivity contribution in [2.75, 3.05) is 4.72 Å². The van der Waals surface area contributed by atoms with Crippen molar-refractivity contribution in [1.82, 2.24) is 4.98 Å². The molecule has 1 heterocycles. The Bertz CT molecular complexity index is 1120. The molecule has 0 aliphatic heterocycles. The number of nitrogens with one attached hydrogen (secondary N) is 1. The van der Waals surface area contributed by atoms with Gasteiger partial charge in [0.05, 0.1) is 4.90 Å². The summed E-state index contributed by atoms with van der Waals surface area (Å²) in [7, 11) is -3.95. The summed E-state index contributed by atoms with van der Waals surface area (Å²) in [5.74, 6) is 0.742. The predicted octanol–water partition coefficient (Wildman–Crippen LogP) is 6.28. The first-order valence-corrected chi connectivity index (χ1v) is 11.0. The summed E-state index contributed by atoms with van der Waals surface area (Å²) < 4.78 is 34.2. The Kier molecular flexibility index (Phi) is 6.08. The van der Waals surface area contributed by atoms with Crippen LogP contribution >= 0.6 is 23.2 Å². The Morgan fingerprint density at radius 1 is 0.966 bits per heavy atom. The molecule has 2 aromatic carbocycles. The van der Waals surface area contributed by atoms with Crippen molar-refractivity contribution < 1.29 is 13.2 Å². The fourth-order valence-corrected chi connectivity index (χ4v) is 4.50. The van der Waals surface area contributed by atoms with Crippen LogP contribution in [0.15, 0.2) is 65.7 Å². The van der Waals surface area contributed by atoms with E-state index in [1.165, 1.54) is 24.4 Å². The summed E-state index contributed by atoms with van der Waals surface area (Å²) in [6, 6.07) is 14.9. The number of hydrogen-bond acceptors (Lipinski definition) is 4. The molecule has 0 saturated carbocycles. The van der Waals surface area contributed by atoms with E-state index >= 15 is 0 Å². The van der Waals surface area contributed by atoms with E-state index < -0.39 is 10.0 Å². The molecular weight excluding hydrogens is 431 g/mol. The number of nitrogens with zero attached hydrogens (tertiary/aromatic N) is 1. The standard InChI is InChI=1S/C21H20Cl2N2O3S/c1-21(2,3)17-7-4-5-9-19(17)28-20-18(8-6-10-24-20)25-29(26,27)16-12-14(22)11-15(23)13-16/h4-13,25H,1-3H3. The van der Waals surface area contributed by atoms with Crippen molar-refractivity contribution in [3.8, 4) is 11.6 Å². The third-order valence-electron chi connectivity index (χ3n) is 4.06. The van der Waals surface area contributed by atoms with Crippen LogP contribution in [-0.4, -0.2) is 13.4 Å². The highest BCUT2D eigenvalue weighted by molar-refractivity contribution is 7.92. The number of para-hydroxylation sites is 1. The number of aromatic nitrogens is 1. The maximum absolute atomic E-state index is 12.8. The lowest BCUT2D eigenvalue weighted by atomic mass is 9.86. The van der Waals surface area contributed by atoms with Gasteiger partial charge in [-0.2, -0.15) is 0 Å². The summed E-state index contributed by atoms with van der Waals surface area (Å²) in [6.07, 6.45) is 1.53. The first-order chi connectivity index (χ1) is 13.6. The summed E-state index contributed by atoms with van der Waals surface area (Å²) >= 11 is 11.9. The van der Waals surface area contributed by atoms with Gasteiger partial charge < -0.3 is 4.74 Å². The predicted molar refractivity (Wildman–Crippen MR) is 117 cm³/mol. The van der Waals surface area contributed by atoms with Crippen molar-refractivity contribution in [3.63, 3.8) is 0 Å². The topological polar surface area (TPSA) is 68.3 Å². The van der Waals surface area contributed by atoms with Gasteiger partial charge in [-0.15, -0.1) is 0 Å². The van der Waals surface area contributed by atoms with Crippen LogP contribution in [0.2, 0.25) is 10.0 Å². The van der Waals surface area contributed by atoms with Gasteiger partial charge in [0.1, 0.15) is 11.4 Å². The minimum atomic E-state index is -3.95. The molecule has 8 heteroatoms. The molecule has 1 aromatic heterocycles. The number of rotatable bonds is 5. The molecule has 152 valence electrons. The smallest absolute Gasteiger partial charge is 0.262 e. The van der Waals surface area contributed by atoms with Gasteiger partial charge in [-0.1, -0.05) is 62.2 Å². The maximum Gasteiger partial charge on any atom is 0.262 e. The highest BCUT2D eigenvalue weighted by atomic mass is 35.5. The highest BCUT2D eigenvalue weighted by Crippen LogP contribution is 2.36. The number of hydrogen-bond donors (Lipinski definition) is 1. The quantitative estimate of drug-likeness (QED) is 0.496. The Morgan fingerprint density at radius 3 is 2.28 bits per heavy atom. The number of pyridine rings is 1. The molecule has 0 unspecified atom stereocenters. The second kappa shape index (κ2) is 8.22. The Hall–Kier alpha value is -2.28. The van der Waals surface area contributed by atoms with Crippen molar-refractivity contribution in [1.29, 1.82) is 0 Å². The molecule has 0 atom stereocenters. The number of halogens is 2. The van der Waals surface area contributed by atoms with Crippen molar-refractivity contribution in [3.05, 3.63) is 76.4 Å². The van der Waals surface area contributed by atoms with Crippen molar-refractivity contribution in [2.24, 2.45) is 0 Å². The van der Waals surface area contributed by atoms with E-state index in [4.69, 9.17) is 27.9 Å². The maximum atomic E-state index is 12.8. The monoisotopic (exact) mass is 450 g/mol. The summed E-state index contributed by atoms with van der Waals surface area (Å²) in [5, 5.41) is 0.444. The van der Waals surface area contributed by atoms with Gasteiger partial charge in [-0.3, -0.25) is 4.72 Å². The van der Waals surface area contributed by atoms with E-state index in [0.29, 0.717) is 5.75 Å². The second-order valence-corrected chi connectivity index (χ2v) is 9.97. The van der Waals surface area contributed by atoms with Crippen LogP contribution in [0.3, 0.4) is 0 Å². The van der Waals surface area contributed by atoms with Crippen LogP contribution < -0.4 is 9.46 Å². The Morgan fingerprint density at radius 2 is 1.62 bits per heavy atom. The zero-order chi connectivity index (χ0) is 21.2. The SMILES string of the molecule is CC(C)(C)c1ccccc1Oc1ncccc1NS(=O)(=O)c1cc(Cl)cc(Cl)c1. The molecule has 0 fully saturated rings. The third kappa shape index (κ3) is 5.21. The van der Waals surface area contributed by atoms with E-state index in [9.17, 15) is 8.42 Å². The van der Waals surface area contributed by atoms with Crippen LogP contribution in [0.5, 0.6) is 11.6 Å². The van der Waals surface area contributed by atoms with Crippen molar-refractivity contribution >= 4 is 38.9 Å². The van der Waals surface area contributed by atoms with E-state index in [1.54, 1.807) is 12.1 Å². The van der Waals surface area contributed by atoms with E-state index in [-0.39, 0.29) is 31.9 Å². The van der Waals surface area contributed by atoms with Gasteiger partial charge >= 0.3 is 0 Å². The lowest BCUT2D eigenvalue weighted by Crippen LogP contribution is -2.15. The second-order valence-electron chi connectivity index (χ2n) is 7.41. The first kappa shape index (κ1) is 21.4. The molecule has 0 bridgehead atoms. The van der Waals surface area contributed by atoms with Crippen LogP contribution in [0.1, 0.15) is 26.3 Å². The minimum absolute atomic E-state index is 0.0557. The molecule has 0 radical (unpaired) electrons. The zero-order valence-corrected chi connectivity index (χ0v) is 18.4. The van der Waals surface area contributed by atoms with Gasteiger partial charge in [0, 0.05) is 21.8 Å². The molecule has 0 saturated heterocycles. The molecule has 0 spiro atoms. The van der Waals surface area contributed by atoms with Crippen LogP contribution in [0, 0.1) is 0 Å². The molecule has 29 heavy (non-hydrogen) atoms. The van der Waals surface area contributed by atoms with Crippen LogP contribution in [-0.2, 0) is 15.4 Å². The molecule has 5 nitrogen and oxygen atoms in total. The summed E-state index contributed by atoms with van der Waals surface area (Å²) in [6.45, 7) is 6.21. The largest absolute Gasteiger partial charge is 0.437 e. The molecule has 3 aromatic rings. The van der Waals surface area contributed by atoms with Gasteiger partial charge in [0.25, 0.3) is 10.0 Å². The molecule has 1 N–H and O–H groups in total. The summed E-state index contributed by atoms with van der Waals surface area (Å²) in [4.78, 5) is 4.15. The fourth-order valence-electron chi connectivity index (χ4n) is 2.72. The molecule has 3 rings (SSSR count). The van der Waals surface area contributed by atoms with Crippen LogP contribution in [0.4, 0.5) is 5.69 Å². The average molecular weight is 451 g/mol. The molecule has 0 aliphatic carbocycles. The Labute approximate surface area is 180 Å². The lowest BCUT2D eigenvalue weighted by Gasteiger charge is -2.22. The van der Waals surface area contributed by atoms with Crippen molar-refractivity contribution in [2.45, 2.75) is 31.1 Å². The van der Waals surface area contributed by atoms with Gasteiger partial charge in [-0.05, 0) is 41.8 Å². The fraction of sp³-hybridized carbons (Fsp3) is 0.190. The average Bonchev–Trinajstić information content (AvgIpc) is 2.62. The van der Waals surface area contributed by atoms with Gasteiger partial charge in [-0.25, -0.2) is 13.4 Å². The van der Waals surface area contributed by atoms with E-state index in [1.807, 2.05) is 24.3 Å². The normalized spacial score (nSPS) is 11.9. The number of sulfonamides is 1. The van der Waals surface area contributed by atoms with E-state index in [2.05, 4.69) is 30.5 Å². The Balaban J connectivity index is 1.97. The third-order valence-corrected chi connectivity index (χ3v) is 5.84. The molecule has 0 amide bonds.